The molecule has 2 nitrogen and oxygen atoms in total. The van der Waals surface area contributed by atoms with Crippen LogP contribution >= 0.6 is 0 Å². The van der Waals surface area contributed by atoms with Crippen LogP contribution in [0.3, 0.4) is 0 Å². The van der Waals surface area contributed by atoms with Crippen molar-refractivity contribution < 1.29 is 9.84 Å². The summed E-state index contributed by atoms with van der Waals surface area (Å²) in [5, 5.41) is 9.30. The number of benzene rings is 2. The van der Waals surface area contributed by atoms with Crippen molar-refractivity contribution in [3.05, 3.63) is 70.8 Å². The van der Waals surface area contributed by atoms with E-state index in [9.17, 15) is 5.11 Å². The molecule has 0 saturated carbocycles. The summed E-state index contributed by atoms with van der Waals surface area (Å²) in [5.74, 6) is 0.402. The van der Waals surface area contributed by atoms with Crippen LogP contribution in [0.4, 0.5) is 0 Å². The molecule has 1 N–H and O–H groups in total. The van der Waals surface area contributed by atoms with Crippen LogP contribution in [0.1, 0.15) is 41.0 Å². The van der Waals surface area contributed by atoms with Gasteiger partial charge in [0.25, 0.3) is 0 Å². The van der Waals surface area contributed by atoms with Gasteiger partial charge in [0.05, 0.1) is 13.2 Å². The van der Waals surface area contributed by atoms with E-state index >= 15 is 0 Å². The zero-order valence-corrected chi connectivity index (χ0v) is 12.8. The van der Waals surface area contributed by atoms with Gasteiger partial charge in [0.15, 0.2) is 0 Å². The number of hydrogen-bond acceptors (Lipinski definition) is 2. The van der Waals surface area contributed by atoms with Crippen LogP contribution in [-0.4, -0.2) is 18.3 Å². The number of ether oxygens (including phenoxy) is 1. The maximum absolute atomic E-state index is 9.30. The summed E-state index contributed by atoms with van der Waals surface area (Å²) in [6.45, 7) is 0.491. The maximum Gasteiger partial charge on any atom is 0.101 e. The van der Waals surface area contributed by atoms with E-state index in [0.717, 1.165) is 25.7 Å². The summed E-state index contributed by atoms with van der Waals surface area (Å²) in [7, 11) is 0. The molecule has 4 rings (SSSR count). The van der Waals surface area contributed by atoms with Crippen LogP contribution in [0.2, 0.25) is 0 Å². The molecule has 2 aliphatic carbocycles. The van der Waals surface area contributed by atoms with Crippen LogP contribution in [0, 0.1) is 0 Å². The summed E-state index contributed by atoms with van der Waals surface area (Å²) in [4.78, 5) is 0. The van der Waals surface area contributed by atoms with E-state index in [0.29, 0.717) is 12.5 Å². The summed E-state index contributed by atoms with van der Waals surface area (Å²) in [5.41, 5.74) is 5.39. The van der Waals surface area contributed by atoms with Gasteiger partial charge in [-0.2, -0.15) is 0 Å². The molecule has 22 heavy (non-hydrogen) atoms. The van der Waals surface area contributed by atoms with Gasteiger partial charge in [0.2, 0.25) is 0 Å². The average Bonchev–Trinajstić information content (AvgIpc) is 3.15. The largest absolute Gasteiger partial charge is 0.394 e. The third-order valence-electron chi connectivity index (χ3n) is 5.39. The second-order valence-corrected chi connectivity index (χ2v) is 6.41. The fourth-order valence-corrected chi connectivity index (χ4v) is 4.49. The van der Waals surface area contributed by atoms with E-state index in [2.05, 4.69) is 48.5 Å². The van der Waals surface area contributed by atoms with Crippen LogP contribution in [0.25, 0.3) is 0 Å². The Morgan fingerprint density at radius 2 is 1.77 bits per heavy atom. The normalized spacial score (nSPS) is 26.0. The number of hydrogen-bond donors (Lipinski definition) is 1. The third-order valence-corrected chi connectivity index (χ3v) is 5.39. The Kier molecular flexibility index (Phi) is 3.51. The molecule has 0 amide bonds. The van der Waals surface area contributed by atoms with Crippen molar-refractivity contribution in [2.45, 2.75) is 37.2 Å². The van der Waals surface area contributed by atoms with Gasteiger partial charge < -0.3 is 9.84 Å². The topological polar surface area (TPSA) is 29.5 Å². The third kappa shape index (κ3) is 2.02. The van der Waals surface area contributed by atoms with Crippen molar-refractivity contribution in [2.75, 3.05) is 13.2 Å². The first-order valence-corrected chi connectivity index (χ1v) is 8.26. The van der Waals surface area contributed by atoms with E-state index in [1.54, 1.807) is 0 Å². The lowest BCUT2D eigenvalue weighted by molar-refractivity contribution is -0.0807. The van der Waals surface area contributed by atoms with Crippen molar-refractivity contribution in [3.63, 3.8) is 0 Å². The summed E-state index contributed by atoms with van der Waals surface area (Å²) >= 11 is 0. The second kappa shape index (κ2) is 5.53. The molecule has 0 heterocycles. The molecule has 0 radical (unpaired) electrons. The molecule has 2 aromatic carbocycles. The van der Waals surface area contributed by atoms with Gasteiger partial charge in [-0.15, -0.1) is 0 Å². The maximum atomic E-state index is 9.30. The van der Waals surface area contributed by atoms with E-state index in [1.807, 2.05) is 0 Å². The molecule has 0 aliphatic heterocycles. The minimum atomic E-state index is -0.258. The number of aliphatic hydroxyl groups excluding tert-OH is 1. The summed E-state index contributed by atoms with van der Waals surface area (Å²) in [6.07, 6.45) is 4.36. The van der Waals surface area contributed by atoms with Gasteiger partial charge in [0.1, 0.15) is 5.60 Å². The fraction of sp³-hybridized carbons (Fsp3) is 0.400. The van der Waals surface area contributed by atoms with Crippen molar-refractivity contribution in [3.8, 4) is 0 Å². The highest BCUT2D eigenvalue weighted by Crippen LogP contribution is 2.54. The highest BCUT2D eigenvalue weighted by atomic mass is 16.5. The fourth-order valence-electron chi connectivity index (χ4n) is 4.49. The van der Waals surface area contributed by atoms with Gasteiger partial charge in [-0.1, -0.05) is 48.5 Å². The van der Waals surface area contributed by atoms with Gasteiger partial charge in [-0.05, 0) is 47.9 Å². The quantitative estimate of drug-likeness (QED) is 0.934. The van der Waals surface area contributed by atoms with Crippen molar-refractivity contribution in [1.82, 2.24) is 0 Å². The second-order valence-electron chi connectivity index (χ2n) is 6.41. The number of rotatable bonds is 4. The Hall–Kier alpha value is -1.64. The predicted octanol–water partition coefficient (Wildman–Crippen LogP) is 3.57. The minimum absolute atomic E-state index is 0.0816. The van der Waals surface area contributed by atoms with Gasteiger partial charge in [-0.3, -0.25) is 0 Å². The summed E-state index contributed by atoms with van der Waals surface area (Å²) in [6, 6.07) is 17.4. The van der Waals surface area contributed by atoms with Crippen LogP contribution < -0.4 is 0 Å². The predicted molar refractivity (Wildman–Crippen MR) is 87.0 cm³/mol. The minimum Gasteiger partial charge on any atom is -0.394 e. The lowest BCUT2D eigenvalue weighted by atomic mass is 9.78. The van der Waals surface area contributed by atoms with Crippen LogP contribution in [0.15, 0.2) is 48.5 Å². The van der Waals surface area contributed by atoms with Crippen LogP contribution in [0.5, 0.6) is 0 Å². The molecule has 0 saturated heterocycles. The molecule has 0 aromatic heterocycles. The SMILES string of the molecule is OCCOC1(C2CCc3ccccc32)CCc2ccccc21. The van der Waals surface area contributed by atoms with Crippen LogP contribution in [-0.2, 0) is 23.2 Å². The number of aryl methyl sites for hydroxylation is 2. The van der Waals surface area contributed by atoms with Gasteiger partial charge in [-0.25, -0.2) is 0 Å². The molecular formula is C20H22O2. The molecule has 0 fully saturated rings. The molecule has 114 valence electrons. The Bertz CT molecular complexity index is 679. The highest BCUT2D eigenvalue weighted by Gasteiger charge is 2.48. The Labute approximate surface area is 131 Å². The number of fused-ring (bicyclic) bond motifs is 2. The van der Waals surface area contributed by atoms with E-state index in [-0.39, 0.29) is 12.2 Å². The first-order chi connectivity index (χ1) is 10.8. The monoisotopic (exact) mass is 294 g/mol. The molecule has 2 heteroatoms. The lowest BCUT2D eigenvalue weighted by Crippen LogP contribution is -2.34. The van der Waals surface area contributed by atoms with Gasteiger partial charge in [0, 0.05) is 5.92 Å². The summed E-state index contributed by atoms with van der Waals surface area (Å²) < 4.78 is 6.36. The van der Waals surface area contributed by atoms with Crippen molar-refractivity contribution in [1.29, 1.82) is 0 Å². The van der Waals surface area contributed by atoms with Crippen molar-refractivity contribution in [2.24, 2.45) is 0 Å². The van der Waals surface area contributed by atoms with E-state index in [1.165, 1.54) is 22.3 Å². The standard InChI is InChI=1S/C20H22O2/c21-13-14-22-20(12-11-16-6-2-4-8-18(16)20)19-10-9-15-5-1-3-7-17(15)19/h1-8,19,21H,9-14H2. The molecule has 2 unspecified atom stereocenters. The molecule has 0 bridgehead atoms. The first kappa shape index (κ1) is 14.0. The van der Waals surface area contributed by atoms with E-state index < -0.39 is 0 Å². The number of aliphatic hydroxyl groups is 1. The van der Waals surface area contributed by atoms with Gasteiger partial charge >= 0.3 is 0 Å². The zero-order valence-electron chi connectivity index (χ0n) is 12.8. The lowest BCUT2D eigenvalue weighted by Gasteiger charge is -2.37. The Balaban J connectivity index is 1.81. The molecule has 2 aromatic rings. The Morgan fingerprint density at radius 3 is 2.64 bits per heavy atom. The average molecular weight is 294 g/mol. The molecular weight excluding hydrogens is 272 g/mol. The molecule has 2 aliphatic rings. The highest BCUT2D eigenvalue weighted by molar-refractivity contribution is 5.45. The Morgan fingerprint density at radius 1 is 1.00 bits per heavy atom. The smallest absolute Gasteiger partial charge is 0.101 e. The van der Waals surface area contributed by atoms with Crippen molar-refractivity contribution >= 4 is 0 Å². The molecule has 0 spiro atoms. The van der Waals surface area contributed by atoms with E-state index in [4.69, 9.17) is 4.74 Å². The molecule has 2 atom stereocenters. The first-order valence-electron chi connectivity index (χ1n) is 8.26. The zero-order chi connectivity index (χ0) is 15.0.